The molecule has 0 radical (unpaired) electrons. The quantitative estimate of drug-likeness (QED) is 0.0817. The molecule has 8 nitrogen and oxygen atoms in total. The van der Waals surface area contributed by atoms with Crippen molar-refractivity contribution in [1.29, 1.82) is 0 Å². The van der Waals surface area contributed by atoms with Crippen LogP contribution in [0.2, 0.25) is 0 Å². The van der Waals surface area contributed by atoms with Gasteiger partial charge in [-0.25, -0.2) is 0 Å². The fourth-order valence-electron chi connectivity index (χ4n) is 11.5. The summed E-state index contributed by atoms with van der Waals surface area (Å²) in [4.78, 5) is 26.7. The molecule has 6 aromatic rings. The Hall–Kier alpha value is -6.51. The Balaban J connectivity index is 0.000000238. The number of ether oxygens (including phenoxy) is 3. The maximum Gasteiger partial charge on any atom is 0.373 e. The highest BCUT2D eigenvalue weighted by molar-refractivity contribution is 5.70. The molecule has 0 bridgehead atoms. The summed E-state index contributed by atoms with van der Waals surface area (Å²) in [5, 5.41) is 21.6. The van der Waals surface area contributed by atoms with E-state index in [2.05, 4.69) is 184 Å². The monoisotopic (exact) mass is 1040 g/mol. The van der Waals surface area contributed by atoms with Crippen LogP contribution in [-0.4, -0.2) is 60.5 Å². The number of carbonyl (C=O) groups is 1. The second kappa shape index (κ2) is 27.7. The van der Waals surface area contributed by atoms with Crippen molar-refractivity contribution in [2.24, 2.45) is 0 Å². The standard InChI is InChI=1S/C34H40O4.C34H42O2.CO2/c1-5-34(6-2,30-12-11-28(25(3)21-30)15-16-33(36)17-19-37-20-18-33)31-13-14-32(26(4)22-31)29-9-7-27(8-10-29)23-38-24-35;1-6-27-9-11-29(12-10-27)32-16-15-31(24-26(32)5)34(7-2,8-3)30-14-13-28(25(4)23-30)17-18-33(35)19-21-36-22-20-33;2-1-3/h7-16,21-22,24,36H,5-6,17-20,23H2,1-4H3;9-18,23-24,35H,6-8,19-22H2,1-5H3;/b16-15+;18-17+;. The zero-order valence-electron chi connectivity index (χ0n) is 47.2. The molecule has 406 valence electrons. The predicted octanol–water partition coefficient (Wildman–Crippen LogP) is 14.9. The highest BCUT2D eigenvalue weighted by Crippen LogP contribution is 2.43. The number of rotatable bonds is 18. The summed E-state index contributed by atoms with van der Waals surface area (Å²) in [6.07, 6.45) is 16.1. The van der Waals surface area contributed by atoms with E-state index in [4.69, 9.17) is 23.8 Å². The van der Waals surface area contributed by atoms with Crippen molar-refractivity contribution in [3.63, 3.8) is 0 Å². The van der Waals surface area contributed by atoms with Gasteiger partial charge >= 0.3 is 6.15 Å². The van der Waals surface area contributed by atoms with E-state index >= 15 is 0 Å². The number of hydrogen-bond acceptors (Lipinski definition) is 8. The van der Waals surface area contributed by atoms with Crippen LogP contribution in [0, 0.1) is 27.7 Å². The Labute approximate surface area is 459 Å². The smallest absolute Gasteiger partial charge is 0.373 e. The Morgan fingerprint density at radius 3 is 1.16 bits per heavy atom. The minimum atomic E-state index is -0.775. The Morgan fingerprint density at radius 1 is 0.506 bits per heavy atom. The van der Waals surface area contributed by atoms with Crippen molar-refractivity contribution in [1.82, 2.24) is 0 Å². The molecular weight excluding hydrogens is 957 g/mol. The van der Waals surface area contributed by atoms with Gasteiger partial charge in [-0.3, -0.25) is 4.79 Å². The predicted molar refractivity (Wildman–Crippen MR) is 312 cm³/mol. The average molecular weight is 1040 g/mol. The Morgan fingerprint density at radius 2 is 0.844 bits per heavy atom. The van der Waals surface area contributed by atoms with Gasteiger partial charge in [-0.2, -0.15) is 9.59 Å². The molecule has 8 heteroatoms. The van der Waals surface area contributed by atoms with Gasteiger partial charge in [0.15, 0.2) is 0 Å². The zero-order valence-corrected chi connectivity index (χ0v) is 47.2. The molecule has 2 saturated heterocycles. The van der Waals surface area contributed by atoms with Gasteiger partial charge in [-0.1, -0.05) is 180 Å². The molecule has 0 unspecified atom stereocenters. The highest BCUT2D eigenvalue weighted by Gasteiger charge is 2.34. The highest BCUT2D eigenvalue weighted by atomic mass is 16.5. The van der Waals surface area contributed by atoms with Crippen molar-refractivity contribution in [2.75, 3.05) is 26.4 Å². The fraction of sp³-hybridized carbons (Fsp3) is 0.391. The van der Waals surface area contributed by atoms with E-state index in [9.17, 15) is 15.0 Å². The van der Waals surface area contributed by atoms with Gasteiger partial charge in [0.2, 0.25) is 0 Å². The van der Waals surface area contributed by atoms with Crippen LogP contribution < -0.4 is 0 Å². The average Bonchev–Trinajstić information content (AvgIpc) is 3.44. The van der Waals surface area contributed by atoms with E-state index < -0.39 is 11.2 Å². The fourth-order valence-corrected chi connectivity index (χ4v) is 11.5. The molecule has 2 aliphatic heterocycles. The summed E-state index contributed by atoms with van der Waals surface area (Å²) in [7, 11) is 0. The first-order valence-corrected chi connectivity index (χ1v) is 27.8. The summed E-state index contributed by atoms with van der Waals surface area (Å²) in [5.41, 5.74) is 18.4. The van der Waals surface area contributed by atoms with Crippen LogP contribution in [0.4, 0.5) is 0 Å². The van der Waals surface area contributed by atoms with E-state index in [1.807, 2.05) is 24.3 Å². The SMILES string of the molecule is CCC(CC)(c1ccc(/C=C/C2(O)CCOCC2)c(C)c1)c1ccc(-c2ccc(COC=O)cc2)c(C)c1.CCc1ccc(-c2ccc(C(CC)(CC)c3ccc(/C=C/C4(O)CCOCC4)c(C)c3)cc2C)cc1.O=C=O. The number of aryl methyl sites for hydroxylation is 5. The van der Waals surface area contributed by atoms with Crippen molar-refractivity contribution < 1.29 is 38.8 Å². The van der Waals surface area contributed by atoms with Gasteiger partial charge in [-0.15, -0.1) is 0 Å². The molecule has 0 saturated carbocycles. The molecular formula is C69H82O8. The number of carbonyl (C=O) groups excluding carboxylic acids is 3. The second-order valence-corrected chi connectivity index (χ2v) is 21.1. The molecule has 0 aromatic heterocycles. The van der Waals surface area contributed by atoms with E-state index in [0.29, 0.717) is 65.2 Å². The molecule has 6 aromatic carbocycles. The van der Waals surface area contributed by atoms with Gasteiger partial charge in [0.25, 0.3) is 6.47 Å². The van der Waals surface area contributed by atoms with Crippen LogP contribution in [0.1, 0.15) is 153 Å². The van der Waals surface area contributed by atoms with E-state index in [1.54, 1.807) is 0 Å². The number of benzene rings is 6. The maximum absolute atomic E-state index is 10.8. The molecule has 8 rings (SSSR count). The van der Waals surface area contributed by atoms with Crippen LogP contribution in [0.3, 0.4) is 0 Å². The first-order valence-electron chi connectivity index (χ1n) is 27.8. The third-order valence-corrected chi connectivity index (χ3v) is 16.7. The molecule has 0 atom stereocenters. The Kier molecular flexibility index (Phi) is 21.5. The first-order chi connectivity index (χ1) is 37.1. The van der Waals surface area contributed by atoms with Crippen LogP contribution in [0.25, 0.3) is 34.4 Å². The van der Waals surface area contributed by atoms with Crippen LogP contribution >= 0.6 is 0 Å². The van der Waals surface area contributed by atoms with Crippen molar-refractivity contribution in [3.8, 4) is 22.3 Å². The normalized spacial score (nSPS) is 15.2. The Bertz CT molecular complexity index is 2950. The molecule has 0 spiro atoms. The summed E-state index contributed by atoms with van der Waals surface area (Å²) in [5.74, 6) is 0. The van der Waals surface area contributed by atoms with Gasteiger partial charge < -0.3 is 24.4 Å². The van der Waals surface area contributed by atoms with Crippen molar-refractivity contribution in [3.05, 3.63) is 200 Å². The minimum absolute atomic E-state index is 0.0265. The number of aliphatic hydroxyl groups is 2. The molecule has 77 heavy (non-hydrogen) atoms. The third-order valence-electron chi connectivity index (χ3n) is 16.7. The number of hydrogen-bond donors (Lipinski definition) is 2. The second-order valence-electron chi connectivity index (χ2n) is 21.1. The summed E-state index contributed by atoms with van der Waals surface area (Å²) in [6, 6.07) is 44.7. The zero-order chi connectivity index (χ0) is 55.6. The van der Waals surface area contributed by atoms with Crippen LogP contribution in [0.15, 0.2) is 133 Å². The van der Waals surface area contributed by atoms with Crippen molar-refractivity contribution in [2.45, 2.75) is 149 Å². The van der Waals surface area contributed by atoms with E-state index in [-0.39, 0.29) is 17.0 Å². The summed E-state index contributed by atoms with van der Waals surface area (Å²) >= 11 is 0. The van der Waals surface area contributed by atoms with Crippen LogP contribution in [0.5, 0.6) is 0 Å². The van der Waals surface area contributed by atoms with Crippen molar-refractivity contribution >= 4 is 24.8 Å². The van der Waals surface area contributed by atoms with Gasteiger partial charge in [0.1, 0.15) is 6.61 Å². The molecule has 2 fully saturated rings. The minimum Gasteiger partial charge on any atom is -0.463 e. The topological polar surface area (TPSA) is 119 Å². The van der Waals surface area contributed by atoms with Crippen LogP contribution in [-0.2, 0) is 52.5 Å². The lowest BCUT2D eigenvalue weighted by Gasteiger charge is -2.34. The largest absolute Gasteiger partial charge is 0.463 e. The lowest BCUT2D eigenvalue weighted by molar-refractivity contribution is -0.191. The lowest BCUT2D eigenvalue weighted by atomic mass is 9.69. The summed E-state index contributed by atoms with van der Waals surface area (Å²) < 4.78 is 15.7. The van der Waals surface area contributed by atoms with Gasteiger partial charge in [-0.05, 0) is 149 Å². The lowest BCUT2D eigenvalue weighted by Crippen LogP contribution is -2.33. The molecule has 2 heterocycles. The first kappa shape index (κ1) is 59.7. The molecule has 2 N–H and O–H groups in total. The molecule has 0 aliphatic carbocycles. The summed E-state index contributed by atoms with van der Waals surface area (Å²) in [6.45, 7) is 23.3. The van der Waals surface area contributed by atoms with E-state index in [1.165, 1.54) is 72.3 Å². The maximum atomic E-state index is 10.8. The van der Waals surface area contributed by atoms with Gasteiger partial charge in [0.05, 0.1) is 11.2 Å². The molecule has 0 amide bonds. The van der Waals surface area contributed by atoms with E-state index in [0.717, 1.165) is 48.8 Å². The van der Waals surface area contributed by atoms with Gasteiger partial charge in [0, 0.05) is 62.9 Å². The molecule has 2 aliphatic rings. The third kappa shape index (κ3) is 14.6.